The van der Waals surface area contributed by atoms with Gasteiger partial charge in [-0.05, 0) is 55.7 Å². The van der Waals surface area contributed by atoms with Crippen molar-refractivity contribution in [3.8, 4) is 17.2 Å². The van der Waals surface area contributed by atoms with Gasteiger partial charge in [0.2, 0.25) is 10.0 Å². The van der Waals surface area contributed by atoms with Crippen LogP contribution in [0.15, 0.2) is 41.3 Å². The molecule has 1 saturated heterocycles. The molecule has 2 aliphatic rings. The minimum atomic E-state index is -3.72. The van der Waals surface area contributed by atoms with Crippen LogP contribution in [0.5, 0.6) is 17.2 Å². The maximum atomic E-state index is 12.8. The third kappa shape index (κ3) is 5.10. The second-order valence-corrected chi connectivity index (χ2v) is 10.1. The molecule has 0 radical (unpaired) electrons. The number of primary amides is 1. The van der Waals surface area contributed by atoms with E-state index in [1.807, 2.05) is 19.1 Å². The van der Waals surface area contributed by atoms with E-state index in [9.17, 15) is 18.0 Å². The number of ether oxygens (including phenoxy) is 3. The highest BCUT2D eigenvalue weighted by molar-refractivity contribution is 7.89. The fourth-order valence-corrected chi connectivity index (χ4v) is 5.45. The van der Waals surface area contributed by atoms with E-state index in [0.29, 0.717) is 37.8 Å². The number of hydrogen-bond acceptors (Lipinski definition) is 7. The molecule has 2 aromatic rings. The summed E-state index contributed by atoms with van der Waals surface area (Å²) in [5, 5.41) is 2.82. The fourth-order valence-electron chi connectivity index (χ4n) is 3.90. The highest BCUT2D eigenvalue weighted by atomic mass is 32.2. The Hall–Kier alpha value is -3.31. The third-order valence-electron chi connectivity index (χ3n) is 5.72. The van der Waals surface area contributed by atoms with Crippen LogP contribution in [0.25, 0.3) is 0 Å². The lowest BCUT2D eigenvalue weighted by molar-refractivity contribution is -0.123. The van der Waals surface area contributed by atoms with Gasteiger partial charge in [0.15, 0.2) is 18.1 Å². The van der Waals surface area contributed by atoms with Crippen LogP contribution in [-0.4, -0.2) is 57.4 Å². The van der Waals surface area contributed by atoms with Gasteiger partial charge >= 0.3 is 0 Å². The number of nitrogens with zero attached hydrogens (tertiary/aromatic N) is 1. The van der Waals surface area contributed by atoms with Crippen molar-refractivity contribution in [2.45, 2.75) is 30.7 Å². The Morgan fingerprint density at radius 1 is 1.09 bits per heavy atom. The average molecular weight is 490 g/mol. The molecule has 1 fully saturated rings. The number of rotatable bonds is 8. The Bertz CT molecular complexity index is 1190. The van der Waals surface area contributed by atoms with Crippen molar-refractivity contribution in [3.05, 3.63) is 47.5 Å². The molecule has 0 saturated carbocycles. The molecule has 0 bridgehead atoms. The fraction of sp³-hybridized carbons (Fsp3) is 0.391. The van der Waals surface area contributed by atoms with E-state index in [1.54, 1.807) is 6.07 Å². The summed E-state index contributed by atoms with van der Waals surface area (Å²) in [4.78, 5) is 24.4. The predicted octanol–water partition coefficient (Wildman–Crippen LogP) is 1.60. The summed E-state index contributed by atoms with van der Waals surface area (Å²) >= 11 is 0. The van der Waals surface area contributed by atoms with E-state index in [-0.39, 0.29) is 28.9 Å². The summed E-state index contributed by atoms with van der Waals surface area (Å²) in [6.07, 6.45) is 1.59. The Morgan fingerprint density at radius 2 is 1.79 bits per heavy atom. The second kappa shape index (κ2) is 9.90. The molecule has 2 heterocycles. The molecule has 10 nitrogen and oxygen atoms in total. The zero-order chi connectivity index (χ0) is 24.3. The number of carbonyl (C=O) groups is 2. The van der Waals surface area contributed by atoms with Crippen molar-refractivity contribution in [1.82, 2.24) is 9.62 Å². The Morgan fingerprint density at radius 3 is 2.50 bits per heavy atom. The second-order valence-electron chi connectivity index (χ2n) is 8.11. The number of nitrogens with one attached hydrogen (secondary N) is 1. The monoisotopic (exact) mass is 489 g/mol. The maximum Gasteiger partial charge on any atom is 0.258 e. The standard InChI is InChI=1S/C23H27N3O7S/c1-15(16-4-6-20-21(12-16)32-11-10-31-20)25-22(27)14-33-19-7-5-17(13-18(19)23(24)28)34(29,30)26-8-2-3-9-26/h4-7,12-13,15H,2-3,8-11,14H2,1H3,(H2,24,28)(H,25,27). The van der Waals surface area contributed by atoms with E-state index < -0.39 is 21.8 Å². The van der Waals surface area contributed by atoms with Crippen molar-refractivity contribution < 1.29 is 32.2 Å². The van der Waals surface area contributed by atoms with Gasteiger partial charge in [-0.25, -0.2) is 8.42 Å². The maximum absolute atomic E-state index is 12.8. The van der Waals surface area contributed by atoms with Crippen LogP contribution in [0, 0.1) is 0 Å². The van der Waals surface area contributed by atoms with Gasteiger partial charge in [0.05, 0.1) is 16.5 Å². The number of sulfonamides is 1. The first-order chi connectivity index (χ1) is 16.3. The molecular weight excluding hydrogens is 462 g/mol. The van der Waals surface area contributed by atoms with Crippen LogP contribution in [0.2, 0.25) is 0 Å². The molecule has 0 aliphatic carbocycles. The summed E-state index contributed by atoms with van der Waals surface area (Å²) in [7, 11) is -3.72. The first-order valence-electron chi connectivity index (χ1n) is 11.0. The van der Waals surface area contributed by atoms with Crippen molar-refractivity contribution in [2.75, 3.05) is 32.9 Å². The third-order valence-corrected chi connectivity index (χ3v) is 7.62. The van der Waals surface area contributed by atoms with Gasteiger partial charge in [0.1, 0.15) is 19.0 Å². The highest BCUT2D eigenvalue weighted by Crippen LogP contribution is 2.32. The molecule has 1 unspecified atom stereocenters. The Labute approximate surface area is 198 Å². The average Bonchev–Trinajstić information content (AvgIpc) is 3.38. The van der Waals surface area contributed by atoms with Gasteiger partial charge in [-0.3, -0.25) is 9.59 Å². The van der Waals surface area contributed by atoms with Gasteiger partial charge in [0.25, 0.3) is 11.8 Å². The van der Waals surface area contributed by atoms with Crippen LogP contribution in [0.3, 0.4) is 0 Å². The van der Waals surface area contributed by atoms with Gasteiger partial charge in [0, 0.05) is 13.1 Å². The minimum absolute atomic E-state index is 0.0350. The lowest BCUT2D eigenvalue weighted by atomic mass is 10.1. The van der Waals surface area contributed by atoms with Crippen molar-refractivity contribution in [3.63, 3.8) is 0 Å². The number of hydrogen-bond donors (Lipinski definition) is 2. The summed E-state index contributed by atoms with van der Waals surface area (Å²) in [6.45, 7) is 3.27. The van der Waals surface area contributed by atoms with Gasteiger partial charge < -0.3 is 25.3 Å². The van der Waals surface area contributed by atoms with Crippen LogP contribution < -0.4 is 25.3 Å². The predicted molar refractivity (Wildman–Crippen MR) is 122 cm³/mol. The van der Waals surface area contributed by atoms with Crippen molar-refractivity contribution >= 4 is 21.8 Å². The number of carbonyl (C=O) groups excluding carboxylic acids is 2. The van der Waals surface area contributed by atoms with Crippen LogP contribution >= 0.6 is 0 Å². The smallest absolute Gasteiger partial charge is 0.258 e. The van der Waals surface area contributed by atoms with Crippen LogP contribution in [0.1, 0.15) is 41.7 Å². The Balaban J connectivity index is 1.41. The highest BCUT2D eigenvalue weighted by Gasteiger charge is 2.28. The number of amides is 2. The lowest BCUT2D eigenvalue weighted by Crippen LogP contribution is -2.32. The SMILES string of the molecule is CC(NC(=O)COc1ccc(S(=O)(=O)N2CCCC2)cc1C(N)=O)c1ccc2c(c1)OCCO2. The molecule has 0 spiro atoms. The van der Waals surface area contributed by atoms with Gasteiger partial charge in [-0.15, -0.1) is 0 Å². The van der Waals surface area contributed by atoms with E-state index >= 15 is 0 Å². The van der Waals surface area contributed by atoms with Crippen molar-refractivity contribution in [2.24, 2.45) is 5.73 Å². The topological polar surface area (TPSA) is 137 Å². The summed E-state index contributed by atoms with van der Waals surface area (Å²) in [6, 6.07) is 9.00. The Kier molecular flexibility index (Phi) is 6.94. The van der Waals surface area contributed by atoms with E-state index in [1.165, 1.54) is 22.5 Å². The van der Waals surface area contributed by atoms with Gasteiger partial charge in [-0.2, -0.15) is 4.31 Å². The van der Waals surface area contributed by atoms with E-state index in [0.717, 1.165) is 18.4 Å². The van der Waals surface area contributed by atoms with E-state index in [4.69, 9.17) is 19.9 Å². The molecule has 11 heteroatoms. The number of benzene rings is 2. The zero-order valence-electron chi connectivity index (χ0n) is 18.8. The largest absolute Gasteiger partial charge is 0.486 e. The van der Waals surface area contributed by atoms with E-state index in [2.05, 4.69) is 5.32 Å². The van der Waals surface area contributed by atoms with Crippen LogP contribution in [-0.2, 0) is 14.8 Å². The number of nitrogens with two attached hydrogens (primary N) is 1. The molecule has 2 aromatic carbocycles. The first-order valence-corrected chi connectivity index (χ1v) is 12.5. The molecular formula is C23H27N3O7S. The molecule has 4 rings (SSSR count). The molecule has 2 aliphatic heterocycles. The van der Waals surface area contributed by atoms with Gasteiger partial charge in [-0.1, -0.05) is 6.07 Å². The molecule has 2 amide bonds. The lowest BCUT2D eigenvalue weighted by Gasteiger charge is -2.21. The molecule has 34 heavy (non-hydrogen) atoms. The van der Waals surface area contributed by atoms with Crippen molar-refractivity contribution in [1.29, 1.82) is 0 Å². The van der Waals surface area contributed by atoms with Crippen LogP contribution in [0.4, 0.5) is 0 Å². The molecule has 3 N–H and O–H groups in total. The molecule has 1 atom stereocenters. The summed E-state index contributed by atoms with van der Waals surface area (Å²) in [5.41, 5.74) is 6.17. The summed E-state index contributed by atoms with van der Waals surface area (Å²) < 4.78 is 43.5. The quantitative estimate of drug-likeness (QED) is 0.574. The molecule has 182 valence electrons. The normalized spacial score (nSPS) is 16.6. The number of fused-ring (bicyclic) bond motifs is 1. The molecule has 0 aromatic heterocycles. The summed E-state index contributed by atoms with van der Waals surface area (Å²) in [5.74, 6) is 0.0438. The minimum Gasteiger partial charge on any atom is -0.486 e. The zero-order valence-corrected chi connectivity index (χ0v) is 19.6. The first kappa shape index (κ1) is 23.8.